The van der Waals surface area contributed by atoms with Gasteiger partial charge < -0.3 is 5.32 Å². The molecule has 1 heterocycles. The molecule has 1 nitrogen and oxygen atoms in total. The van der Waals surface area contributed by atoms with Crippen LogP contribution in [0.4, 0.5) is 0 Å². The first-order chi connectivity index (χ1) is 6.94. The summed E-state index contributed by atoms with van der Waals surface area (Å²) in [4.78, 5) is 3.01. The smallest absolute Gasteiger partial charge is 0.00774 e. The van der Waals surface area contributed by atoms with Crippen LogP contribution in [0.2, 0.25) is 0 Å². The summed E-state index contributed by atoms with van der Waals surface area (Å²) in [5.41, 5.74) is 1.87. The monoisotopic (exact) mass is 225 g/mol. The van der Waals surface area contributed by atoms with Crippen LogP contribution in [0.15, 0.2) is 6.07 Å². The van der Waals surface area contributed by atoms with Gasteiger partial charge in [-0.1, -0.05) is 13.8 Å². The van der Waals surface area contributed by atoms with E-state index in [4.69, 9.17) is 0 Å². The third-order valence-electron chi connectivity index (χ3n) is 2.83. The van der Waals surface area contributed by atoms with Crippen molar-refractivity contribution in [2.75, 3.05) is 13.6 Å². The van der Waals surface area contributed by atoms with Crippen LogP contribution < -0.4 is 5.32 Å². The molecule has 0 atom stereocenters. The lowest BCUT2D eigenvalue weighted by Gasteiger charge is -2.23. The van der Waals surface area contributed by atoms with Gasteiger partial charge in [0.25, 0.3) is 0 Å². The third kappa shape index (κ3) is 3.96. The van der Waals surface area contributed by atoms with Crippen LogP contribution in [0.5, 0.6) is 0 Å². The molecule has 0 unspecified atom stereocenters. The maximum Gasteiger partial charge on any atom is 0.00774 e. The largest absolute Gasteiger partial charge is 0.319 e. The van der Waals surface area contributed by atoms with E-state index < -0.39 is 0 Å². The zero-order chi connectivity index (χ0) is 11.5. The maximum absolute atomic E-state index is 3.27. The van der Waals surface area contributed by atoms with E-state index in [-0.39, 0.29) is 0 Å². The summed E-state index contributed by atoms with van der Waals surface area (Å²) >= 11 is 1.95. The first-order valence-corrected chi connectivity index (χ1v) is 6.47. The Labute approximate surface area is 97.9 Å². The van der Waals surface area contributed by atoms with Crippen LogP contribution in [0.3, 0.4) is 0 Å². The van der Waals surface area contributed by atoms with E-state index in [9.17, 15) is 0 Å². The van der Waals surface area contributed by atoms with Crippen molar-refractivity contribution in [3.63, 3.8) is 0 Å². The van der Waals surface area contributed by atoms with Gasteiger partial charge in [0.1, 0.15) is 0 Å². The number of aryl methyl sites for hydroxylation is 3. The van der Waals surface area contributed by atoms with Crippen LogP contribution in [0.25, 0.3) is 0 Å². The first kappa shape index (κ1) is 12.7. The van der Waals surface area contributed by atoms with E-state index in [0.717, 1.165) is 6.54 Å². The molecule has 2 heteroatoms. The summed E-state index contributed by atoms with van der Waals surface area (Å²) in [5.74, 6) is 0. The average Bonchev–Trinajstić information content (AvgIpc) is 2.42. The van der Waals surface area contributed by atoms with Crippen molar-refractivity contribution in [3.8, 4) is 0 Å². The number of nitrogens with one attached hydrogen (secondary N) is 1. The van der Waals surface area contributed by atoms with Crippen molar-refractivity contribution in [2.45, 2.75) is 40.5 Å². The number of rotatable bonds is 5. The summed E-state index contributed by atoms with van der Waals surface area (Å²) < 4.78 is 0. The third-order valence-corrected chi connectivity index (χ3v) is 4.04. The molecule has 0 aromatic carbocycles. The number of thiophene rings is 1. The quantitative estimate of drug-likeness (QED) is 0.808. The number of hydrogen-bond donors (Lipinski definition) is 1. The molecular weight excluding hydrogens is 202 g/mol. The fourth-order valence-electron chi connectivity index (χ4n) is 1.96. The molecule has 1 N–H and O–H groups in total. The molecule has 15 heavy (non-hydrogen) atoms. The topological polar surface area (TPSA) is 12.0 Å². The molecule has 0 aliphatic heterocycles. The minimum atomic E-state index is 0.402. The SMILES string of the molecule is CNCC(C)(C)CCc1sc(C)cc1C. The van der Waals surface area contributed by atoms with Gasteiger partial charge in [0.2, 0.25) is 0 Å². The molecule has 0 bridgehead atoms. The van der Waals surface area contributed by atoms with Crippen molar-refractivity contribution in [3.05, 3.63) is 21.4 Å². The lowest BCUT2D eigenvalue weighted by Crippen LogP contribution is -2.27. The van der Waals surface area contributed by atoms with Gasteiger partial charge in [0.05, 0.1) is 0 Å². The van der Waals surface area contributed by atoms with Crippen molar-refractivity contribution >= 4 is 11.3 Å². The zero-order valence-corrected chi connectivity index (χ0v) is 11.4. The van der Waals surface area contributed by atoms with E-state index in [2.05, 4.69) is 39.1 Å². The van der Waals surface area contributed by atoms with E-state index in [1.807, 2.05) is 18.4 Å². The fourth-order valence-corrected chi connectivity index (χ4v) is 3.01. The molecule has 0 saturated carbocycles. The van der Waals surface area contributed by atoms with Crippen LogP contribution in [-0.4, -0.2) is 13.6 Å². The second kappa shape index (κ2) is 5.13. The standard InChI is InChI=1S/C13H23NS/c1-10-8-11(2)15-12(10)6-7-13(3,4)9-14-5/h8,14H,6-7,9H2,1-5H3. The molecule has 1 aromatic heterocycles. The Morgan fingerprint density at radius 1 is 1.33 bits per heavy atom. The highest BCUT2D eigenvalue weighted by Gasteiger charge is 2.17. The number of hydrogen-bond acceptors (Lipinski definition) is 2. The Balaban J connectivity index is 2.53. The van der Waals surface area contributed by atoms with Crippen LogP contribution in [-0.2, 0) is 6.42 Å². The molecule has 1 rings (SSSR count). The van der Waals surface area contributed by atoms with Gasteiger partial charge in [0, 0.05) is 9.75 Å². The van der Waals surface area contributed by atoms with Gasteiger partial charge in [-0.2, -0.15) is 0 Å². The minimum absolute atomic E-state index is 0.402. The summed E-state index contributed by atoms with van der Waals surface area (Å²) in [6.07, 6.45) is 2.48. The van der Waals surface area contributed by atoms with E-state index in [0.29, 0.717) is 5.41 Å². The van der Waals surface area contributed by atoms with Gasteiger partial charge in [-0.15, -0.1) is 11.3 Å². The molecule has 0 aliphatic carbocycles. The molecule has 0 aliphatic rings. The lowest BCUT2D eigenvalue weighted by atomic mass is 9.87. The predicted molar refractivity (Wildman–Crippen MR) is 69.8 cm³/mol. The van der Waals surface area contributed by atoms with Crippen molar-refractivity contribution in [1.82, 2.24) is 5.32 Å². The molecule has 0 radical (unpaired) electrons. The second-order valence-electron chi connectivity index (χ2n) is 5.16. The molecular formula is C13H23NS. The highest BCUT2D eigenvalue weighted by Crippen LogP contribution is 2.27. The van der Waals surface area contributed by atoms with Crippen LogP contribution in [0, 0.1) is 19.3 Å². The van der Waals surface area contributed by atoms with Gasteiger partial charge >= 0.3 is 0 Å². The summed E-state index contributed by atoms with van der Waals surface area (Å²) in [6, 6.07) is 2.30. The van der Waals surface area contributed by atoms with E-state index >= 15 is 0 Å². The molecule has 0 saturated heterocycles. The van der Waals surface area contributed by atoms with Gasteiger partial charge in [-0.25, -0.2) is 0 Å². The minimum Gasteiger partial charge on any atom is -0.319 e. The Hall–Kier alpha value is -0.340. The van der Waals surface area contributed by atoms with Gasteiger partial charge in [-0.3, -0.25) is 0 Å². The molecule has 1 aromatic rings. The summed E-state index contributed by atoms with van der Waals surface area (Å²) in [7, 11) is 2.03. The van der Waals surface area contributed by atoms with Crippen molar-refractivity contribution in [1.29, 1.82) is 0 Å². The lowest BCUT2D eigenvalue weighted by molar-refractivity contribution is 0.325. The highest BCUT2D eigenvalue weighted by atomic mass is 32.1. The van der Waals surface area contributed by atoms with Crippen molar-refractivity contribution in [2.24, 2.45) is 5.41 Å². The van der Waals surface area contributed by atoms with Crippen LogP contribution >= 0.6 is 11.3 Å². The Bertz CT molecular complexity index is 312. The van der Waals surface area contributed by atoms with Gasteiger partial charge in [0.15, 0.2) is 0 Å². The van der Waals surface area contributed by atoms with E-state index in [1.54, 1.807) is 4.88 Å². The second-order valence-corrected chi connectivity index (χ2v) is 6.50. The Morgan fingerprint density at radius 2 is 2.00 bits per heavy atom. The predicted octanol–water partition coefficient (Wildman–Crippen LogP) is 3.54. The first-order valence-electron chi connectivity index (χ1n) is 5.65. The molecule has 0 fully saturated rings. The summed E-state index contributed by atoms with van der Waals surface area (Å²) in [6.45, 7) is 10.2. The van der Waals surface area contributed by atoms with Gasteiger partial charge in [-0.05, 0) is 57.3 Å². The Morgan fingerprint density at radius 3 is 2.47 bits per heavy atom. The normalized spacial score (nSPS) is 12.1. The molecule has 86 valence electrons. The highest BCUT2D eigenvalue weighted by molar-refractivity contribution is 7.12. The molecule has 0 amide bonds. The van der Waals surface area contributed by atoms with Crippen molar-refractivity contribution < 1.29 is 0 Å². The average molecular weight is 225 g/mol. The maximum atomic E-state index is 3.27. The molecule has 0 spiro atoms. The Kier molecular flexibility index (Phi) is 4.35. The fraction of sp³-hybridized carbons (Fsp3) is 0.692. The van der Waals surface area contributed by atoms with Crippen LogP contribution in [0.1, 0.15) is 35.6 Å². The van der Waals surface area contributed by atoms with E-state index in [1.165, 1.54) is 23.3 Å². The zero-order valence-electron chi connectivity index (χ0n) is 10.6. The summed E-state index contributed by atoms with van der Waals surface area (Å²) in [5, 5.41) is 3.27.